The molecule has 8 heteroatoms. The predicted molar refractivity (Wildman–Crippen MR) is 49.3 cm³/mol. The fourth-order valence-corrected chi connectivity index (χ4v) is 1.20. The Morgan fingerprint density at radius 2 is 1.82 bits per heavy atom. The quantitative estimate of drug-likeness (QED) is 0.613. The van der Waals surface area contributed by atoms with Gasteiger partial charge in [0.25, 0.3) is 0 Å². The summed E-state index contributed by atoms with van der Waals surface area (Å²) in [6.07, 6.45) is -4.98. The number of halogens is 6. The Morgan fingerprint density at radius 1 is 1.18 bits per heavy atom. The van der Waals surface area contributed by atoms with E-state index in [2.05, 4.69) is 9.47 Å². The van der Waals surface area contributed by atoms with E-state index in [9.17, 15) is 22.0 Å². The molecule has 1 aromatic rings. The summed E-state index contributed by atoms with van der Waals surface area (Å²) in [5, 5.41) is 0. The van der Waals surface area contributed by atoms with Crippen LogP contribution in [0.3, 0.4) is 0 Å². The van der Waals surface area contributed by atoms with E-state index < -0.39 is 24.5 Å². The lowest BCUT2D eigenvalue weighted by Gasteiger charge is -2.14. The van der Waals surface area contributed by atoms with Gasteiger partial charge in [-0.15, -0.1) is 24.8 Å². The number of alkyl halides is 6. The summed E-state index contributed by atoms with van der Waals surface area (Å²) in [6, 6.07) is 3.04. The van der Waals surface area contributed by atoms with E-state index in [-0.39, 0.29) is 5.88 Å². The molecule has 0 aliphatic heterocycles. The molecule has 0 saturated heterocycles. The molecule has 1 rings (SSSR count). The Labute approximate surface area is 97.9 Å². The third-order valence-electron chi connectivity index (χ3n) is 1.60. The molecular weight excluding hydrogens is 271 g/mol. The van der Waals surface area contributed by atoms with E-state index in [0.717, 1.165) is 12.1 Å². The summed E-state index contributed by atoms with van der Waals surface area (Å²) in [5.74, 6) is -1.60. The lowest BCUT2D eigenvalue weighted by atomic mass is 10.2. The molecule has 0 aliphatic carbocycles. The molecule has 0 fully saturated rings. The zero-order valence-electron chi connectivity index (χ0n) is 8.10. The first-order valence-corrected chi connectivity index (χ1v) is 4.74. The molecule has 96 valence electrons. The minimum absolute atomic E-state index is 0.0497. The van der Waals surface area contributed by atoms with E-state index in [0.29, 0.717) is 5.56 Å². The third kappa shape index (κ3) is 4.64. The van der Waals surface area contributed by atoms with Crippen LogP contribution in [0.25, 0.3) is 0 Å². The highest BCUT2D eigenvalue weighted by molar-refractivity contribution is 6.17. The normalized spacial score (nSPS) is 11.7. The molecule has 0 aromatic heterocycles. The van der Waals surface area contributed by atoms with Crippen LogP contribution in [0.4, 0.5) is 22.0 Å². The van der Waals surface area contributed by atoms with E-state index in [4.69, 9.17) is 11.6 Å². The van der Waals surface area contributed by atoms with E-state index in [1.165, 1.54) is 6.07 Å². The van der Waals surface area contributed by atoms with Gasteiger partial charge in [-0.2, -0.15) is 8.78 Å². The van der Waals surface area contributed by atoms with Crippen molar-refractivity contribution in [2.75, 3.05) is 0 Å². The van der Waals surface area contributed by atoms with Gasteiger partial charge >= 0.3 is 13.0 Å². The molecule has 0 aliphatic rings. The zero-order chi connectivity index (χ0) is 13.1. The van der Waals surface area contributed by atoms with Crippen molar-refractivity contribution in [1.29, 1.82) is 0 Å². The van der Waals surface area contributed by atoms with Crippen molar-refractivity contribution >= 4 is 11.6 Å². The van der Waals surface area contributed by atoms with Crippen LogP contribution in [-0.4, -0.2) is 13.0 Å². The summed E-state index contributed by atoms with van der Waals surface area (Å²) in [4.78, 5) is 0. The molecule has 2 nitrogen and oxygen atoms in total. The van der Waals surface area contributed by atoms with Crippen LogP contribution in [0.2, 0.25) is 0 Å². The highest BCUT2D eigenvalue weighted by Gasteiger charge is 2.32. The van der Waals surface area contributed by atoms with Crippen LogP contribution >= 0.6 is 11.6 Å². The van der Waals surface area contributed by atoms with E-state index >= 15 is 0 Å². The monoisotopic (exact) mass is 276 g/mol. The molecule has 0 unspecified atom stereocenters. The van der Waals surface area contributed by atoms with Gasteiger partial charge in [0.15, 0.2) is 11.5 Å². The maximum Gasteiger partial charge on any atom is 0.573 e. The van der Waals surface area contributed by atoms with Gasteiger partial charge in [-0.05, 0) is 17.7 Å². The van der Waals surface area contributed by atoms with Gasteiger partial charge in [-0.1, -0.05) is 6.07 Å². The van der Waals surface area contributed by atoms with Crippen molar-refractivity contribution in [2.24, 2.45) is 0 Å². The topological polar surface area (TPSA) is 18.5 Å². The molecule has 0 bridgehead atoms. The van der Waals surface area contributed by atoms with Crippen LogP contribution in [-0.2, 0) is 5.88 Å². The SMILES string of the molecule is FC(F)Oc1cc(CCl)ccc1OC(F)(F)F. The Hall–Kier alpha value is -1.24. The molecule has 0 heterocycles. The van der Waals surface area contributed by atoms with Crippen molar-refractivity contribution in [3.63, 3.8) is 0 Å². The van der Waals surface area contributed by atoms with Crippen molar-refractivity contribution < 1.29 is 31.4 Å². The first kappa shape index (κ1) is 13.8. The minimum atomic E-state index is -4.98. The summed E-state index contributed by atoms with van der Waals surface area (Å²) in [5.41, 5.74) is 0.330. The fourth-order valence-electron chi connectivity index (χ4n) is 1.03. The molecule has 0 amide bonds. The molecular formula is C9H6ClF5O2. The summed E-state index contributed by atoms with van der Waals surface area (Å²) < 4.78 is 67.3. The number of hydrogen-bond donors (Lipinski definition) is 0. The lowest BCUT2D eigenvalue weighted by Crippen LogP contribution is -2.18. The second-order valence-corrected chi connectivity index (χ2v) is 3.11. The first-order chi connectivity index (χ1) is 7.81. The molecule has 0 radical (unpaired) electrons. The van der Waals surface area contributed by atoms with Crippen molar-refractivity contribution in [1.82, 2.24) is 0 Å². The van der Waals surface area contributed by atoms with E-state index in [1.807, 2.05) is 0 Å². The highest BCUT2D eigenvalue weighted by atomic mass is 35.5. The largest absolute Gasteiger partial charge is 0.573 e. The maximum absolute atomic E-state index is 12.0. The average molecular weight is 277 g/mol. The van der Waals surface area contributed by atoms with Gasteiger partial charge in [0, 0.05) is 5.88 Å². The number of benzene rings is 1. The van der Waals surface area contributed by atoms with Gasteiger partial charge < -0.3 is 9.47 Å². The zero-order valence-corrected chi connectivity index (χ0v) is 8.86. The van der Waals surface area contributed by atoms with Crippen LogP contribution in [0.5, 0.6) is 11.5 Å². The van der Waals surface area contributed by atoms with Crippen molar-refractivity contribution in [2.45, 2.75) is 18.9 Å². The third-order valence-corrected chi connectivity index (χ3v) is 1.91. The lowest BCUT2D eigenvalue weighted by molar-refractivity contribution is -0.275. The van der Waals surface area contributed by atoms with E-state index in [1.54, 1.807) is 0 Å². The number of rotatable bonds is 4. The average Bonchev–Trinajstić information content (AvgIpc) is 2.17. The smallest absolute Gasteiger partial charge is 0.431 e. The molecule has 0 spiro atoms. The van der Waals surface area contributed by atoms with Crippen molar-refractivity contribution in [3.8, 4) is 11.5 Å². The minimum Gasteiger partial charge on any atom is -0.431 e. The van der Waals surface area contributed by atoms with Gasteiger partial charge in [-0.3, -0.25) is 0 Å². The van der Waals surface area contributed by atoms with Gasteiger partial charge in [0.1, 0.15) is 0 Å². The summed E-state index contributed by atoms with van der Waals surface area (Å²) in [7, 11) is 0. The molecule has 0 saturated carbocycles. The maximum atomic E-state index is 12.0. The second kappa shape index (κ2) is 5.39. The standard InChI is InChI=1S/C9H6ClF5O2/c10-4-5-1-2-6(17-9(13,14)15)7(3-5)16-8(11)12/h1-3,8H,4H2. The number of hydrogen-bond acceptors (Lipinski definition) is 2. The van der Waals surface area contributed by atoms with Crippen LogP contribution in [0, 0.1) is 0 Å². The Bertz CT molecular complexity index is 380. The Morgan fingerprint density at radius 3 is 2.29 bits per heavy atom. The van der Waals surface area contributed by atoms with Crippen molar-refractivity contribution in [3.05, 3.63) is 23.8 Å². The van der Waals surface area contributed by atoms with Gasteiger partial charge in [0.2, 0.25) is 0 Å². The Kier molecular flexibility index (Phi) is 4.39. The van der Waals surface area contributed by atoms with Crippen LogP contribution in [0.1, 0.15) is 5.56 Å². The summed E-state index contributed by atoms with van der Waals surface area (Å²) in [6.45, 7) is -3.25. The second-order valence-electron chi connectivity index (χ2n) is 2.84. The first-order valence-electron chi connectivity index (χ1n) is 4.21. The van der Waals surface area contributed by atoms with Crippen LogP contribution in [0.15, 0.2) is 18.2 Å². The van der Waals surface area contributed by atoms with Gasteiger partial charge in [-0.25, -0.2) is 0 Å². The molecule has 1 aromatic carbocycles. The highest BCUT2D eigenvalue weighted by Crippen LogP contribution is 2.34. The molecule has 17 heavy (non-hydrogen) atoms. The fraction of sp³-hybridized carbons (Fsp3) is 0.333. The molecule has 0 atom stereocenters. The molecule has 0 N–H and O–H groups in total. The van der Waals surface area contributed by atoms with Crippen LogP contribution < -0.4 is 9.47 Å². The Balaban J connectivity index is 3.02. The summed E-state index contributed by atoms with van der Waals surface area (Å²) >= 11 is 5.41. The van der Waals surface area contributed by atoms with Gasteiger partial charge in [0.05, 0.1) is 0 Å². The predicted octanol–water partition coefficient (Wildman–Crippen LogP) is 3.93. The number of ether oxygens (including phenoxy) is 2.